The van der Waals surface area contributed by atoms with E-state index in [2.05, 4.69) is 20.9 Å². The molecule has 28 heavy (non-hydrogen) atoms. The van der Waals surface area contributed by atoms with Gasteiger partial charge < -0.3 is 10.6 Å². The van der Waals surface area contributed by atoms with Gasteiger partial charge in [-0.25, -0.2) is 22.9 Å². The number of aromatic nitrogens is 1. The molecule has 0 atom stereocenters. The van der Waals surface area contributed by atoms with Crippen LogP contribution in [-0.4, -0.2) is 16.9 Å². The van der Waals surface area contributed by atoms with Gasteiger partial charge >= 0.3 is 6.03 Å². The molecule has 0 aliphatic carbocycles. The molecule has 3 N–H and O–H groups in total. The number of benzene rings is 2. The summed E-state index contributed by atoms with van der Waals surface area (Å²) in [7, 11) is 0. The molecule has 10 heteroatoms. The standard InChI is InChI=1S/C18H13F3N4O2S/c19-10-4-6-11(7-5-10)23-17(27)25-18-24-15(9-28-18)16(26)22-8-12-13(20)2-1-3-14(12)21/h1-7,9H,8H2,(H,22,26)(H2,23,24,25,27). The first-order valence-corrected chi connectivity index (χ1v) is 8.80. The second-order valence-corrected chi connectivity index (χ2v) is 6.36. The summed E-state index contributed by atoms with van der Waals surface area (Å²) in [5.74, 6) is -2.61. The normalized spacial score (nSPS) is 10.4. The Kier molecular flexibility index (Phi) is 5.90. The number of thiazole rings is 1. The van der Waals surface area contributed by atoms with Crippen LogP contribution in [-0.2, 0) is 6.54 Å². The first kappa shape index (κ1) is 19.4. The Bertz CT molecular complexity index is 988. The van der Waals surface area contributed by atoms with Crippen LogP contribution in [0.1, 0.15) is 16.1 Å². The van der Waals surface area contributed by atoms with Gasteiger partial charge in [-0.3, -0.25) is 10.1 Å². The molecule has 1 aromatic heterocycles. The lowest BCUT2D eigenvalue weighted by atomic mass is 10.2. The Balaban J connectivity index is 1.56. The van der Waals surface area contributed by atoms with E-state index in [0.29, 0.717) is 5.69 Å². The fourth-order valence-electron chi connectivity index (χ4n) is 2.19. The van der Waals surface area contributed by atoms with E-state index in [9.17, 15) is 22.8 Å². The third kappa shape index (κ3) is 4.86. The van der Waals surface area contributed by atoms with Gasteiger partial charge in [0.15, 0.2) is 5.13 Å². The van der Waals surface area contributed by atoms with E-state index in [1.165, 1.54) is 35.7 Å². The highest BCUT2D eigenvalue weighted by Gasteiger charge is 2.15. The Morgan fingerprint density at radius 2 is 1.64 bits per heavy atom. The van der Waals surface area contributed by atoms with E-state index in [1.807, 2.05) is 0 Å². The van der Waals surface area contributed by atoms with Crippen molar-refractivity contribution in [3.63, 3.8) is 0 Å². The lowest BCUT2D eigenvalue weighted by molar-refractivity contribution is 0.0946. The minimum atomic E-state index is -0.765. The Hall–Kier alpha value is -3.40. The highest BCUT2D eigenvalue weighted by Crippen LogP contribution is 2.17. The van der Waals surface area contributed by atoms with Gasteiger partial charge in [0, 0.05) is 23.2 Å². The number of nitrogens with zero attached hydrogens (tertiary/aromatic N) is 1. The van der Waals surface area contributed by atoms with Crippen molar-refractivity contribution in [3.05, 3.63) is 76.6 Å². The van der Waals surface area contributed by atoms with E-state index < -0.39 is 29.4 Å². The number of urea groups is 1. The van der Waals surface area contributed by atoms with E-state index in [0.717, 1.165) is 23.5 Å². The molecule has 3 rings (SSSR count). The van der Waals surface area contributed by atoms with Gasteiger partial charge in [0.25, 0.3) is 5.91 Å². The van der Waals surface area contributed by atoms with Gasteiger partial charge in [-0.15, -0.1) is 11.3 Å². The maximum absolute atomic E-state index is 13.6. The van der Waals surface area contributed by atoms with Crippen LogP contribution in [0.4, 0.5) is 28.8 Å². The first-order valence-electron chi connectivity index (χ1n) is 7.92. The lowest BCUT2D eigenvalue weighted by Gasteiger charge is -2.06. The molecule has 1 heterocycles. The predicted octanol–water partition coefficient (Wildman–Crippen LogP) is 4.13. The fraction of sp³-hybridized carbons (Fsp3) is 0.0556. The number of carbonyl (C=O) groups excluding carboxylic acids is 2. The van der Waals surface area contributed by atoms with Gasteiger partial charge in [-0.1, -0.05) is 6.07 Å². The molecular weight excluding hydrogens is 393 g/mol. The van der Waals surface area contributed by atoms with Crippen LogP contribution in [0.25, 0.3) is 0 Å². The molecule has 144 valence electrons. The third-order valence-corrected chi connectivity index (χ3v) is 4.30. The van der Waals surface area contributed by atoms with Crippen LogP contribution < -0.4 is 16.0 Å². The number of nitrogens with one attached hydrogen (secondary N) is 3. The summed E-state index contributed by atoms with van der Waals surface area (Å²) in [6, 6.07) is 7.95. The second kappa shape index (κ2) is 8.53. The second-order valence-electron chi connectivity index (χ2n) is 5.51. The molecule has 0 spiro atoms. The number of hydrogen-bond donors (Lipinski definition) is 3. The minimum absolute atomic E-state index is 0.0150. The molecule has 0 bridgehead atoms. The van der Waals surface area contributed by atoms with E-state index in [4.69, 9.17) is 0 Å². The van der Waals surface area contributed by atoms with Crippen molar-refractivity contribution < 1.29 is 22.8 Å². The Labute approximate surface area is 161 Å². The Morgan fingerprint density at radius 1 is 0.964 bits per heavy atom. The molecule has 3 aromatic rings. The number of carbonyl (C=O) groups is 2. The van der Waals surface area contributed by atoms with Crippen molar-refractivity contribution >= 4 is 34.1 Å². The highest BCUT2D eigenvalue weighted by atomic mass is 32.1. The molecule has 3 amide bonds. The van der Waals surface area contributed by atoms with Gasteiger partial charge in [-0.2, -0.15) is 0 Å². The molecule has 0 unspecified atom stereocenters. The zero-order valence-electron chi connectivity index (χ0n) is 14.1. The summed E-state index contributed by atoms with van der Waals surface area (Å²) in [6.07, 6.45) is 0. The molecule has 0 fully saturated rings. The van der Waals surface area contributed by atoms with Gasteiger partial charge in [0.1, 0.15) is 23.1 Å². The van der Waals surface area contributed by atoms with Crippen molar-refractivity contribution in [2.24, 2.45) is 0 Å². The monoisotopic (exact) mass is 406 g/mol. The van der Waals surface area contributed by atoms with Gasteiger partial charge in [-0.05, 0) is 36.4 Å². The van der Waals surface area contributed by atoms with Crippen LogP contribution in [0.5, 0.6) is 0 Å². The van der Waals surface area contributed by atoms with E-state index in [-0.39, 0.29) is 22.9 Å². The quantitative estimate of drug-likeness (QED) is 0.596. The van der Waals surface area contributed by atoms with E-state index >= 15 is 0 Å². The van der Waals surface area contributed by atoms with Gasteiger partial charge in [0.05, 0.1) is 0 Å². The van der Waals surface area contributed by atoms with Crippen molar-refractivity contribution in [1.29, 1.82) is 0 Å². The van der Waals surface area contributed by atoms with Crippen molar-refractivity contribution in [3.8, 4) is 0 Å². The topological polar surface area (TPSA) is 83.1 Å². The molecule has 0 aliphatic rings. The van der Waals surface area contributed by atoms with Gasteiger partial charge in [0.2, 0.25) is 0 Å². The summed E-state index contributed by atoms with van der Waals surface area (Å²) < 4.78 is 40.0. The summed E-state index contributed by atoms with van der Waals surface area (Å²) in [5.41, 5.74) is 0.0993. The van der Waals surface area contributed by atoms with E-state index in [1.54, 1.807) is 0 Å². The minimum Gasteiger partial charge on any atom is -0.346 e. The van der Waals surface area contributed by atoms with Crippen LogP contribution in [0.15, 0.2) is 47.8 Å². The smallest absolute Gasteiger partial charge is 0.325 e. The van der Waals surface area contributed by atoms with Crippen LogP contribution >= 0.6 is 11.3 Å². The number of amides is 3. The third-order valence-electron chi connectivity index (χ3n) is 3.55. The zero-order chi connectivity index (χ0) is 20.1. The fourth-order valence-corrected chi connectivity index (χ4v) is 2.87. The van der Waals surface area contributed by atoms with Crippen molar-refractivity contribution in [1.82, 2.24) is 10.3 Å². The lowest BCUT2D eigenvalue weighted by Crippen LogP contribution is -2.24. The number of hydrogen-bond acceptors (Lipinski definition) is 4. The SMILES string of the molecule is O=C(Nc1ccc(F)cc1)Nc1nc(C(=O)NCc2c(F)cccc2F)cs1. The molecule has 0 saturated heterocycles. The molecule has 6 nitrogen and oxygen atoms in total. The predicted molar refractivity (Wildman–Crippen MR) is 98.7 cm³/mol. The number of halogens is 3. The summed E-state index contributed by atoms with van der Waals surface area (Å²) in [4.78, 5) is 27.9. The molecular formula is C18H13F3N4O2S. The first-order chi connectivity index (χ1) is 13.4. The number of rotatable bonds is 5. The molecule has 0 aliphatic heterocycles. The van der Waals surface area contributed by atoms with Crippen molar-refractivity contribution in [2.45, 2.75) is 6.54 Å². The maximum Gasteiger partial charge on any atom is 0.325 e. The molecule has 2 aromatic carbocycles. The summed E-state index contributed by atoms with van der Waals surface area (Å²) >= 11 is 0.995. The van der Waals surface area contributed by atoms with Crippen LogP contribution in [0.3, 0.4) is 0 Å². The summed E-state index contributed by atoms with van der Waals surface area (Å²) in [6.45, 7) is -0.345. The zero-order valence-corrected chi connectivity index (χ0v) is 14.9. The highest BCUT2D eigenvalue weighted by molar-refractivity contribution is 7.14. The van der Waals surface area contributed by atoms with Crippen LogP contribution in [0, 0.1) is 17.5 Å². The molecule has 0 radical (unpaired) electrons. The Morgan fingerprint density at radius 3 is 2.32 bits per heavy atom. The van der Waals surface area contributed by atoms with Crippen LogP contribution in [0.2, 0.25) is 0 Å². The molecule has 0 saturated carbocycles. The van der Waals surface area contributed by atoms with Crippen molar-refractivity contribution in [2.75, 3.05) is 10.6 Å². The largest absolute Gasteiger partial charge is 0.346 e. The summed E-state index contributed by atoms with van der Waals surface area (Å²) in [5, 5.41) is 8.82. The maximum atomic E-state index is 13.6. The average molecular weight is 406 g/mol. The average Bonchev–Trinajstić information content (AvgIpc) is 3.11. The number of anilines is 2.